The van der Waals surface area contributed by atoms with Gasteiger partial charge in [0.2, 0.25) is 0 Å². The highest BCUT2D eigenvalue weighted by atomic mass is 16.2. The summed E-state index contributed by atoms with van der Waals surface area (Å²) in [4.78, 5) is 22.4. The van der Waals surface area contributed by atoms with Gasteiger partial charge in [-0.25, -0.2) is 4.98 Å². The Morgan fingerprint density at radius 3 is 2.41 bits per heavy atom. The van der Waals surface area contributed by atoms with Gasteiger partial charge in [-0.3, -0.25) is 14.8 Å². The van der Waals surface area contributed by atoms with Crippen LogP contribution in [0.4, 0.5) is 0 Å². The second-order valence-corrected chi connectivity index (χ2v) is 8.77. The number of aromatic amines is 1. The predicted molar refractivity (Wildman–Crippen MR) is 133 cm³/mol. The highest BCUT2D eigenvalue weighted by Gasteiger charge is 2.26. The molecule has 170 valence electrons. The SMILES string of the molecule is O=C(c1n[nH]c2ccccc12)N1CCN(Cc2nc3ccccc3n2Cc2ccccc2)CC1. The monoisotopic (exact) mass is 450 g/mol. The van der Waals surface area contributed by atoms with Crippen LogP contribution < -0.4 is 0 Å². The van der Waals surface area contributed by atoms with Crippen LogP contribution in [0.5, 0.6) is 0 Å². The molecule has 0 aliphatic carbocycles. The minimum Gasteiger partial charge on any atom is -0.335 e. The van der Waals surface area contributed by atoms with Crippen molar-refractivity contribution in [2.24, 2.45) is 0 Å². The molecule has 3 aromatic carbocycles. The van der Waals surface area contributed by atoms with Gasteiger partial charge in [0, 0.05) is 38.1 Å². The number of carbonyl (C=O) groups excluding carboxylic acids is 1. The van der Waals surface area contributed by atoms with Gasteiger partial charge in [0.15, 0.2) is 5.69 Å². The highest BCUT2D eigenvalue weighted by Crippen LogP contribution is 2.21. The molecule has 1 aliphatic heterocycles. The van der Waals surface area contributed by atoms with E-state index >= 15 is 0 Å². The molecule has 1 N–H and O–H groups in total. The number of aromatic nitrogens is 4. The van der Waals surface area contributed by atoms with Gasteiger partial charge < -0.3 is 9.47 Å². The third kappa shape index (κ3) is 3.84. The third-order valence-electron chi connectivity index (χ3n) is 6.61. The molecule has 0 bridgehead atoms. The molecule has 1 aliphatic rings. The Morgan fingerprint density at radius 1 is 0.824 bits per heavy atom. The van der Waals surface area contributed by atoms with Crippen molar-refractivity contribution in [2.45, 2.75) is 13.1 Å². The molecule has 7 nitrogen and oxygen atoms in total. The first-order valence-electron chi connectivity index (χ1n) is 11.7. The van der Waals surface area contributed by atoms with Gasteiger partial charge in [-0.15, -0.1) is 0 Å². The number of fused-ring (bicyclic) bond motifs is 2. The van der Waals surface area contributed by atoms with Crippen LogP contribution in [0.2, 0.25) is 0 Å². The average Bonchev–Trinajstić information content (AvgIpc) is 3.46. The van der Waals surface area contributed by atoms with E-state index < -0.39 is 0 Å². The fourth-order valence-corrected chi connectivity index (χ4v) is 4.77. The molecule has 0 unspecified atom stereocenters. The van der Waals surface area contributed by atoms with Crippen LogP contribution in [0.3, 0.4) is 0 Å². The number of nitrogens with one attached hydrogen (secondary N) is 1. The quantitative estimate of drug-likeness (QED) is 0.441. The normalized spacial score (nSPS) is 14.8. The molecule has 0 atom stereocenters. The standard InChI is InChI=1S/C27H26N6O/c34-27(26-21-10-4-5-11-22(21)29-30-26)32-16-14-31(15-17-32)19-25-28-23-12-6-7-13-24(23)33(25)18-20-8-2-1-3-9-20/h1-13H,14-19H2,(H,29,30). The molecule has 3 heterocycles. The number of carbonyl (C=O) groups is 1. The van der Waals surface area contributed by atoms with Gasteiger partial charge in [-0.1, -0.05) is 60.7 Å². The lowest BCUT2D eigenvalue weighted by Gasteiger charge is -2.34. The van der Waals surface area contributed by atoms with Gasteiger partial charge in [0.25, 0.3) is 5.91 Å². The van der Waals surface area contributed by atoms with E-state index in [-0.39, 0.29) is 5.91 Å². The zero-order valence-electron chi connectivity index (χ0n) is 18.9. The lowest BCUT2D eigenvalue weighted by atomic mass is 10.2. The maximum atomic E-state index is 13.1. The number of rotatable bonds is 5. The number of piperazine rings is 1. The zero-order chi connectivity index (χ0) is 22.9. The molecule has 1 fully saturated rings. The summed E-state index contributed by atoms with van der Waals surface area (Å²) in [5.41, 5.74) is 4.83. The minimum absolute atomic E-state index is 0.00610. The first-order valence-corrected chi connectivity index (χ1v) is 11.7. The number of hydrogen-bond acceptors (Lipinski definition) is 4. The van der Waals surface area contributed by atoms with E-state index in [0.29, 0.717) is 18.8 Å². The van der Waals surface area contributed by atoms with Crippen molar-refractivity contribution in [1.82, 2.24) is 29.5 Å². The first-order chi connectivity index (χ1) is 16.8. The Bertz CT molecular complexity index is 1450. The van der Waals surface area contributed by atoms with Crippen LogP contribution in [0.15, 0.2) is 78.9 Å². The number of benzene rings is 3. The number of amides is 1. The largest absolute Gasteiger partial charge is 0.335 e. The summed E-state index contributed by atoms with van der Waals surface area (Å²) in [5.74, 6) is 1.05. The van der Waals surface area contributed by atoms with Crippen LogP contribution in [-0.2, 0) is 13.1 Å². The predicted octanol–water partition coefficient (Wildman–Crippen LogP) is 3.92. The van der Waals surface area contributed by atoms with Crippen molar-refractivity contribution >= 4 is 27.8 Å². The van der Waals surface area contributed by atoms with Gasteiger partial charge in [-0.05, 0) is 23.8 Å². The van der Waals surface area contributed by atoms with Crippen LogP contribution >= 0.6 is 0 Å². The number of para-hydroxylation sites is 3. The van der Waals surface area contributed by atoms with E-state index in [2.05, 4.69) is 62.1 Å². The van der Waals surface area contributed by atoms with Crippen LogP contribution in [0, 0.1) is 0 Å². The van der Waals surface area contributed by atoms with E-state index in [1.165, 1.54) is 5.56 Å². The summed E-state index contributed by atoms with van der Waals surface area (Å²) in [5, 5.41) is 8.14. The lowest BCUT2D eigenvalue weighted by molar-refractivity contribution is 0.0620. The molecule has 34 heavy (non-hydrogen) atoms. The minimum atomic E-state index is -0.00610. The fraction of sp³-hybridized carbons (Fsp3) is 0.222. The Morgan fingerprint density at radius 2 is 1.56 bits per heavy atom. The maximum Gasteiger partial charge on any atom is 0.275 e. The molecular formula is C27H26N6O. The molecule has 0 radical (unpaired) electrons. The van der Waals surface area contributed by atoms with E-state index in [4.69, 9.17) is 4.98 Å². The molecule has 1 saturated heterocycles. The second kappa shape index (κ2) is 8.76. The zero-order valence-corrected chi connectivity index (χ0v) is 18.9. The molecule has 1 amide bonds. The number of H-pyrrole nitrogens is 1. The van der Waals surface area contributed by atoms with E-state index in [9.17, 15) is 4.79 Å². The number of imidazole rings is 1. The molecule has 0 spiro atoms. The summed E-state index contributed by atoms with van der Waals surface area (Å²) in [6.45, 7) is 4.53. The van der Waals surface area contributed by atoms with Gasteiger partial charge in [0.05, 0.1) is 23.1 Å². The average molecular weight is 451 g/mol. The van der Waals surface area contributed by atoms with Crippen LogP contribution in [0.1, 0.15) is 21.9 Å². The molecule has 2 aromatic heterocycles. The van der Waals surface area contributed by atoms with Gasteiger partial charge in [0.1, 0.15) is 5.82 Å². The Balaban J connectivity index is 1.18. The smallest absolute Gasteiger partial charge is 0.275 e. The molecule has 5 aromatic rings. The molecule has 6 rings (SSSR count). The summed E-state index contributed by atoms with van der Waals surface area (Å²) in [6, 6.07) is 26.6. The topological polar surface area (TPSA) is 70.1 Å². The lowest BCUT2D eigenvalue weighted by Crippen LogP contribution is -2.48. The highest BCUT2D eigenvalue weighted by molar-refractivity contribution is 6.04. The van der Waals surface area contributed by atoms with E-state index in [1.54, 1.807) is 0 Å². The fourth-order valence-electron chi connectivity index (χ4n) is 4.77. The number of hydrogen-bond donors (Lipinski definition) is 1. The summed E-state index contributed by atoms with van der Waals surface area (Å²) >= 11 is 0. The van der Waals surface area contributed by atoms with Crippen molar-refractivity contribution in [1.29, 1.82) is 0 Å². The van der Waals surface area contributed by atoms with Crippen molar-refractivity contribution in [2.75, 3.05) is 26.2 Å². The summed E-state index contributed by atoms with van der Waals surface area (Å²) < 4.78 is 2.32. The van der Waals surface area contributed by atoms with E-state index in [0.717, 1.165) is 53.9 Å². The van der Waals surface area contributed by atoms with Crippen LogP contribution in [0.25, 0.3) is 21.9 Å². The third-order valence-corrected chi connectivity index (χ3v) is 6.61. The Labute approximate surface area is 197 Å². The molecular weight excluding hydrogens is 424 g/mol. The maximum absolute atomic E-state index is 13.1. The Kier molecular flexibility index (Phi) is 5.31. The molecule has 0 saturated carbocycles. The van der Waals surface area contributed by atoms with Crippen LogP contribution in [-0.4, -0.2) is 61.6 Å². The summed E-state index contributed by atoms with van der Waals surface area (Å²) in [7, 11) is 0. The Hall–Kier alpha value is -3.97. The van der Waals surface area contributed by atoms with Crippen molar-refractivity contribution in [3.8, 4) is 0 Å². The number of nitrogens with zero attached hydrogens (tertiary/aromatic N) is 5. The van der Waals surface area contributed by atoms with Gasteiger partial charge in [-0.2, -0.15) is 5.10 Å². The summed E-state index contributed by atoms with van der Waals surface area (Å²) in [6.07, 6.45) is 0. The second-order valence-electron chi connectivity index (χ2n) is 8.77. The van der Waals surface area contributed by atoms with Crippen molar-refractivity contribution in [3.63, 3.8) is 0 Å². The molecule has 7 heteroatoms. The van der Waals surface area contributed by atoms with E-state index in [1.807, 2.05) is 41.3 Å². The first kappa shape index (κ1) is 20.6. The van der Waals surface area contributed by atoms with Crippen molar-refractivity contribution < 1.29 is 4.79 Å². The van der Waals surface area contributed by atoms with Crippen molar-refractivity contribution in [3.05, 3.63) is 95.9 Å². The van der Waals surface area contributed by atoms with Gasteiger partial charge >= 0.3 is 0 Å².